The molecular formula is C14H5Cl6NO3. The van der Waals surface area contributed by atoms with E-state index < -0.39 is 28.0 Å². The van der Waals surface area contributed by atoms with E-state index in [0.717, 1.165) is 0 Å². The number of benzene rings is 2. The van der Waals surface area contributed by atoms with Crippen molar-refractivity contribution < 1.29 is 14.7 Å². The molecule has 4 nitrogen and oxygen atoms in total. The molecule has 1 amide bonds. The van der Waals surface area contributed by atoms with Crippen LogP contribution in [-0.2, 0) is 0 Å². The smallest absolute Gasteiger partial charge is 0.338 e. The van der Waals surface area contributed by atoms with E-state index in [0.29, 0.717) is 5.02 Å². The van der Waals surface area contributed by atoms with Gasteiger partial charge in [-0.05, 0) is 18.2 Å². The Balaban J connectivity index is 2.59. The normalized spacial score (nSPS) is 10.6. The van der Waals surface area contributed by atoms with Crippen LogP contribution in [-0.4, -0.2) is 17.0 Å². The highest BCUT2D eigenvalue weighted by molar-refractivity contribution is 6.54. The van der Waals surface area contributed by atoms with Crippen LogP contribution in [0, 0.1) is 0 Å². The predicted octanol–water partition coefficient (Wildman–Crippen LogP) is 6.56. The van der Waals surface area contributed by atoms with Crippen LogP contribution in [0.4, 0.5) is 5.69 Å². The minimum Gasteiger partial charge on any atom is -0.478 e. The fourth-order valence-corrected chi connectivity index (χ4v) is 3.30. The first-order chi connectivity index (χ1) is 11.1. The minimum atomic E-state index is -1.49. The lowest BCUT2D eigenvalue weighted by atomic mass is 10.1. The van der Waals surface area contributed by atoms with Gasteiger partial charge in [0.1, 0.15) is 0 Å². The van der Waals surface area contributed by atoms with Gasteiger partial charge in [0.05, 0.1) is 41.9 Å². The van der Waals surface area contributed by atoms with Gasteiger partial charge in [-0.25, -0.2) is 4.79 Å². The number of halogens is 6. The third-order valence-corrected chi connectivity index (χ3v) is 5.24. The third-order valence-electron chi connectivity index (χ3n) is 2.89. The Labute approximate surface area is 166 Å². The van der Waals surface area contributed by atoms with Crippen LogP contribution in [0.1, 0.15) is 20.7 Å². The first-order valence-electron chi connectivity index (χ1n) is 6.00. The molecule has 10 heteroatoms. The Morgan fingerprint density at radius 1 is 0.833 bits per heavy atom. The van der Waals surface area contributed by atoms with Gasteiger partial charge >= 0.3 is 5.97 Å². The number of hydrogen-bond acceptors (Lipinski definition) is 2. The summed E-state index contributed by atoms with van der Waals surface area (Å²) in [5.41, 5.74) is -0.811. The SMILES string of the molecule is O=C(O)c1c(Cl)c(Cl)c(Cl)c(Cl)c1C(=O)Nc1ccc(Cl)cc1Cl. The number of carboxylic acids is 1. The van der Waals surface area contributed by atoms with Gasteiger partial charge in [0.25, 0.3) is 5.91 Å². The van der Waals surface area contributed by atoms with Crippen LogP contribution in [0.2, 0.25) is 30.1 Å². The van der Waals surface area contributed by atoms with E-state index in [1.54, 1.807) is 0 Å². The van der Waals surface area contributed by atoms with Crippen molar-refractivity contribution in [3.63, 3.8) is 0 Å². The molecule has 0 heterocycles. The highest BCUT2D eigenvalue weighted by Gasteiger charge is 2.29. The largest absolute Gasteiger partial charge is 0.478 e. The third kappa shape index (κ3) is 3.69. The van der Waals surface area contributed by atoms with Gasteiger partial charge in [0, 0.05) is 5.02 Å². The summed E-state index contributed by atoms with van der Waals surface area (Å²) in [7, 11) is 0. The number of carboxylic acid groups (broad SMARTS) is 1. The molecule has 0 aliphatic rings. The van der Waals surface area contributed by atoms with Crippen molar-refractivity contribution in [1.29, 1.82) is 0 Å². The Morgan fingerprint density at radius 2 is 1.38 bits per heavy atom. The number of nitrogens with one attached hydrogen (secondary N) is 1. The fourth-order valence-electron chi connectivity index (χ4n) is 1.82. The zero-order valence-electron chi connectivity index (χ0n) is 11.3. The molecule has 2 aromatic rings. The molecule has 126 valence electrons. The maximum atomic E-state index is 12.5. The summed E-state index contributed by atoms with van der Waals surface area (Å²) in [5, 5.41) is 11.0. The van der Waals surface area contributed by atoms with Gasteiger partial charge in [-0.2, -0.15) is 0 Å². The molecular weight excluding hydrogens is 443 g/mol. The maximum Gasteiger partial charge on any atom is 0.338 e. The molecule has 0 aliphatic heterocycles. The van der Waals surface area contributed by atoms with E-state index in [-0.39, 0.29) is 25.8 Å². The molecule has 0 spiro atoms. The summed E-state index contributed by atoms with van der Waals surface area (Å²) in [6.07, 6.45) is 0. The van der Waals surface area contributed by atoms with Gasteiger partial charge in [-0.15, -0.1) is 0 Å². The Kier molecular flexibility index (Phi) is 6.13. The molecule has 0 radical (unpaired) electrons. The van der Waals surface area contributed by atoms with Crippen molar-refractivity contribution in [2.24, 2.45) is 0 Å². The summed E-state index contributed by atoms with van der Waals surface area (Å²) in [4.78, 5) is 24.0. The van der Waals surface area contributed by atoms with Crippen molar-refractivity contribution in [2.45, 2.75) is 0 Å². The van der Waals surface area contributed by atoms with Crippen molar-refractivity contribution in [3.05, 3.63) is 59.5 Å². The Hall–Kier alpha value is -0.880. The van der Waals surface area contributed by atoms with Crippen LogP contribution < -0.4 is 5.32 Å². The lowest BCUT2D eigenvalue weighted by molar-refractivity contribution is 0.0692. The molecule has 0 saturated heterocycles. The van der Waals surface area contributed by atoms with Crippen LogP contribution in [0.5, 0.6) is 0 Å². The average molecular weight is 448 g/mol. The van der Waals surface area contributed by atoms with Gasteiger partial charge in [0.2, 0.25) is 0 Å². The average Bonchev–Trinajstić information content (AvgIpc) is 2.50. The highest BCUT2D eigenvalue weighted by atomic mass is 35.5. The van der Waals surface area contributed by atoms with Crippen LogP contribution >= 0.6 is 69.6 Å². The molecule has 0 aliphatic carbocycles. The van der Waals surface area contributed by atoms with E-state index in [2.05, 4.69) is 5.32 Å². The second-order valence-electron chi connectivity index (χ2n) is 4.39. The molecule has 2 aromatic carbocycles. The quantitative estimate of drug-likeness (QED) is 0.413. The van der Waals surface area contributed by atoms with Crippen molar-refractivity contribution in [2.75, 3.05) is 5.32 Å². The number of amides is 1. The van der Waals surface area contributed by atoms with Crippen LogP contribution in [0.25, 0.3) is 0 Å². The molecule has 24 heavy (non-hydrogen) atoms. The topological polar surface area (TPSA) is 66.4 Å². The zero-order chi connectivity index (χ0) is 18.2. The molecule has 0 bridgehead atoms. The first kappa shape index (κ1) is 19.4. The molecule has 2 N–H and O–H groups in total. The van der Waals surface area contributed by atoms with Gasteiger partial charge in [-0.3, -0.25) is 4.79 Å². The summed E-state index contributed by atoms with van der Waals surface area (Å²) in [6, 6.07) is 4.33. The number of anilines is 1. The summed E-state index contributed by atoms with van der Waals surface area (Å²) in [6.45, 7) is 0. The van der Waals surface area contributed by atoms with Crippen LogP contribution in [0.3, 0.4) is 0 Å². The highest BCUT2D eigenvalue weighted by Crippen LogP contribution is 2.42. The predicted molar refractivity (Wildman–Crippen MR) is 97.9 cm³/mol. The van der Waals surface area contributed by atoms with Crippen LogP contribution in [0.15, 0.2) is 18.2 Å². The first-order valence-corrected chi connectivity index (χ1v) is 8.27. The van der Waals surface area contributed by atoms with Crippen molar-refractivity contribution >= 4 is 87.2 Å². The second kappa shape index (κ2) is 7.56. The van der Waals surface area contributed by atoms with Gasteiger partial charge in [-0.1, -0.05) is 69.6 Å². The zero-order valence-corrected chi connectivity index (χ0v) is 15.8. The summed E-state index contributed by atoms with van der Waals surface area (Å²) >= 11 is 35.4. The summed E-state index contributed by atoms with van der Waals surface area (Å²) < 4.78 is 0. The van der Waals surface area contributed by atoms with Gasteiger partial charge in [0.15, 0.2) is 0 Å². The molecule has 0 unspecified atom stereocenters. The van der Waals surface area contributed by atoms with E-state index in [4.69, 9.17) is 69.6 Å². The van der Waals surface area contributed by atoms with E-state index in [9.17, 15) is 14.7 Å². The van der Waals surface area contributed by atoms with Crippen molar-refractivity contribution in [3.8, 4) is 0 Å². The Bertz CT molecular complexity index is 868. The summed E-state index contributed by atoms with van der Waals surface area (Å²) in [5.74, 6) is -2.37. The number of hydrogen-bond donors (Lipinski definition) is 2. The number of carbonyl (C=O) groups is 2. The van der Waals surface area contributed by atoms with E-state index in [1.807, 2.05) is 0 Å². The molecule has 0 aromatic heterocycles. The lowest BCUT2D eigenvalue weighted by Gasteiger charge is -2.14. The molecule has 0 atom stereocenters. The minimum absolute atomic E-state index is 0.148. The maximum absolute atomic E-state index is 12.5. The fraction of sp³-hybridized carbons (Fsp3) is 0. The number of carbonyl (C=O) groups excluding carboxylic acids is 1. The molecule has 0 saturated carbocycles. The standard InChI is InChI=1S/C14H5Cl6NO3/c15-4-1-2-6(5(16)3-4)21-13(22)7-8(14(23)24)10(18)12(20)11(19)9(7)17/h1-3H,(H,21,22)(H,23,24). The molecule has 0 fully saturated rings. The van der Waals surface area contributed by atoms with E-state index >= 15 is 0 Å². The van der Waals surface area contributed by atoms with Crippen molar-refractivity contribution in [1.82, 2.24) is 0 Å². The second-order valence-corrected chi connectivity index (χ2v) is 6.74. The molecule has 2 rings (SSSR count). The lowest BCUT2D eigenvalue weighted by Crippen LogP contribution is -2.18. The van der Waals surface area contributed by atoms with Gasteiger partial charge < -0.3 is 10.4 Å². The number of aromatic carboxylic acids is 1. The monoisotopic (exact) mass is 445 g/mol. The Morgan fingerprint density at radius 3 is 1.88 bits per heavy atom. The number of rotatable bonds is 3. The van der Waals surface area contributed by atoms with E-state index in [1.165, 1.54) is 18.2 Å².